The zero-order valence-electron chi connectivity index (χ0n) is 7.86. The average molecular weight is 206 g/mol. The molecule has 1 N–H and O–H groups in total. The minimum absolute atomic E-state index is 0.0439. The van der Waals surface area contributed by atoms with Crippen LogP contribution in [0.5, 0.6) is 0 Å². The topological polar surface area (TPSA) is 63.1 Å². The molecular weight excluding hydrogens is 199 g/mol. The Balaban J connectivity index is 2.92. The lowest BCUT2D eigenvalue weighted by molar-refractivity contribution is 0.0692. The van der Waals surface area contributed by atoms with Gasteiger partial charge in [-0.05, 0) is 13.0 Å². The van der Waals surface area contributed by atoms with Gasteiger partial charge in [0.1, 0.15) is 17.2 Å². The van der Waals surface area contributed by atoms with Gasteiger partial charge < -0.3 is 5.11 Å². The smallest absolute Gasteiger partial charge is 0.355 e. The number of carboxylic acid groups (broad SMARTS) is 1. The molecule has 0 saturated carbocycles. The summed E-state index contributed by atoms with van der Waals surface area (Å²) in [7, 11) is 0. The first-order chi connectivity index (χ1) is 7.09. The molecule has 0 atom stereocenters. The fourth-order valence-corrected chi connectivity index (χ4v) is 1.39. The second-order valence-electron chi connectivity index (χ2n) is 3.06. The van der Waals surface area contributed by atoms with Crippen LogP contribution in [0.1, 0.15) is 16.3 Å². The second-order valence-corrected chi connectivity index (χ2v) is 3.06. The quantitative estimate of drug-likeness (QED) is 0.772. The number of para-hydroxylation sites is 1. The highest BCUT2D eigenvalue weighted by molar-refractivity contribution is 6.00. The van der Waals surface area contributed by atoms with E-state index in [-0.39, 0.29) is 22.4 Å². The summed E-state index contributed by atoms with van der Waals surface area (Å²) < 4.78 is 13.3. The number of halogens is 1. The van der Waals surface area contributed by atoms with E-state index in [4.69, 9.17) is 5.11 Å². The van der Waals surface area contributed by atoms with Gasteiger partial charge in [0, 0.05) is 5.39 Å². The van der Waals surface area contributed by atoms with Crippen LogP contribution < -0.4 is 0 Å². The summed E-state index contributed by atoms with van der Waals surface area (Å²) in [5.41, 5.74) is -0.126. The van der Waals surface area contributed by atoms with Crippen LogP contribution in [0.3, 0.4) is 0 Å². The standard InChI is InChI=1S/C10H7FN2O2/c1-5-12-8-6(3-2-4-7(8)11)9(13-5)10(14)15/h2-4H,1H3,(H,14,15). The molecule has 2 rings (SSSR count). The molecule has 1 heterocycles. The second kappa shape index (κ2) is 3.27. The largest absolute Gasteiger partial charge is 0.476 e. The first-order valence-electron chi connectivity index (χ1n) is 4.26. The van der Waals surface area contributed by atoms with Crippen LogP contribution in [0.4, 0.5) is 4.39 Å². The highest BCUT2D eigenvalue weighted by atomic mass is 19.1. The van der Waals surface area contributed by atoms with Crippen LogP contribution in [0.2, 0.25) is 0 Å². The van der Waals surface area contributed by atoms with Gasteiger partial charge >= 0.3 is 5.97 Å². The van der Waals surface area contributed by atoms with Gasteiger partial charge in [0.15, 0.2) is 5.69 Å². The number of fused-ring (bicyclic) bond motifs is 1. The lowest BCUT2D eigenvalue weighted by Crippen LogP contribution is -2.05. The van der Waals surface area contributed by atoms with Crippen LogP contribution in [-0.2, 0) is 0 Å². The summed E-state index contributed by atoms with van der Waals surface area (Å²) >= 11 is 0. The molecule has 1 aromatic heterocycles. The first kappa shape index (κ1) is 9.51. The van der Waals surface area contributed by atoms with Crippen molar-refractivity contribution in [3.05, 3.63) is 35.5 Å². The monoisotopic (exact) mass is 206 g/mol. The Kier molecular flexibility index (Phi) is 2.07. The molecule has 0 spiro atoms. The van der Waals surface area contributed by atoms with Crippen molar-refractivity contribution < 1.29 is 14.3 Å². The number of hydrogen-bond donors (Lipinski definition) is 1. The molecule has 4 nitrogen and oxygen atoms in total. The van der Waals surface area contributed by atoms with E-state index in [2.05, 4.69) is 9.97 Å². The Morgan fingerprint density at radius 1 is 1.40 bits per heavy atom. The van der Waals surface area contributed by atoms with E-state index in [1.807, 2.05) is 0 Å². The van der Waals surface area contributed by atoms with E-state index >= 15 is 0 Å². The molecule has 0 radical (unpaired) electrons. The first-order valence-corrected chi connectivity index (χ1v) is 4.26. The van der Waals surface area contributed by atoms with Crippen molar-refractivity contribution in [2.24, 2.45) is 0 Å². The summed E-state index contributed by atoms with van der Waals surface area (Å²) in [5, 5.41) is 9.10. The van der Waals surface area contributed by atoms with Crippen molar-refractivity contribution in [1.29, 1.82) is 0 Å². The minimum Gasteiger partial charge on any atom is -0.476 e. The molecule has 0 aliphatic heterocycles. The fourth-order valence-electron chi connectivity index (χ4n) is 1.39. The Labute approximate surface area is 84.4 Å². The van der Waals surface area contributed by atoms with Gasteiger partial charge in [-0.2, -0.15) is 0 Å². The van der Waals surface area contributed by atoms with Gasteiger partial charge in [0.25, 0.3) is 0 Å². The van der Waals surface area contributed by atoms with E-state index in [1.165, 1.54) is 25.1 Å². The molecule has 5 heteroatoms. The Morgan fingerprint density at radius 3 is 2.80 bits per heavy atom. The van der Waals surface area contributed by atoms with Crippen molar-refractivity contribution >= 4 is 16.9 Å². The third kappa shape index (κ3) is 1.52. The van der Waals surface area contributed by atoms with Gasteiger partial charge in [-0.1, -0.05) is 12.1 Å². The minimum atomic E-state index is -1.18. The van der Waals surface area contributed by atoms with Crippen molar-refractivity contribution in [2.75, 3.05) is 0 Å². The number of carbonyl (C=O) groups is 1. The van der Waals surface area contributed by atoms with Gasteiger partial charge in [-0.25, -0.2) is 19.2 Å². The molecule has 0 unspecified atom stereocenters. The highest BCUT2D eigenvalue weighted by Gasteiger charge is 2.14. The Hall–Kier alpha value is -2.04. The third-order valence-corrected chi connectivity index (χ3v) is 1.99. The van der Waals surface area contributed by atoms with E-state index in [1.54, 1.807) is 0 Å². The van der Waals surface area contributed by atoms with Crippen LogP contribution in [0.25, 0.3) is 10.9 Å². The number of rotatable bonds is 1. The molecule has 0 bridgehead atoms. The van der Waals surface area contributed by atoms with Crippen LogP contribution in [-0.4, -0.2) is 21.0 Å². The molecule has 0 fully saturated rings. The average Bonchev–Trinajstić information content (AvgIpc) is 2.18. The zero-order chi connectivity index (χ0) is 11.0. The number of aromatic nitrogens is 2. The number of aryl methyl sites for hydroxylation is 1. The number of carboxylic acids is 1. The molecule has 0 aliphatic rings. The van der Waals surface area contributed by atoms with E-state index in [0.29, 0.717) is 0 Å². The maximum atomic E-state index is 13.3. The molecule has 15 heavy (non-hydrogen) atoms. The molecule has 1 aromatic carbocycles. The van der Waals surface area contributed by atoms with Crippen molar-refractivity contribution in [1.82, 2.24) is 9.97 Å². The van der Waals surface area contributed by atoms with E-state index in [0.717, 1.165) is 0 Å². The van der Waals surface area contributed by atoms with Crippen molar-refractivity contribution in [2.45, 2.75) is 6.92 Å². The SMILES string of the molecule is Cc1nc(C(=O)O)c2cccc(F)c2n1. The molecule has 2 aromatic rings. The summed E-state index contributed by atoms with van der Waals surface area (Å²) in [4.78, 5) is 18.5. The number of aromatic carboxylic acids is 1. The van der Waals surface area contributed by atoms with Gasteiger partial charge in [-0.3, -0.25) is 0 Å². The number of hydrogen-bond acceptors (Lipinski definition) is 3. The van der Waals surface area contributed by atoms with Crippen LogP contribution in [0.15, 0.2) is 18.2 Å². The summed E-state index contributed by atoms with van der Waals surface area (Å²) in [6.07, 6.45) is 0. The predicted molar refractivity (Wildman–Crippen MR) is 51.2 cm³/mol. The molecule has 76 valence electrons. The predicted octanol–water partition coefficient (Wildman–Crippen LogP) is 1.78. The van der Waals surface area contributed by atoms with Crippen LogP contribution >= 0.6 is 0 Å². The van der Waals surface area contributed by atoms with Gasteiger partial charge in [0.2, 0.25) is 0 Å². The summed E-state index contributed by atoms with van der Waals surface area (Å²) in [5.74, 6) is -1.48. The summed E-state index contributed by atoms with van der Waals surface area (Å²) in [6.45, 7) is 1.53. The number of benzene rings is 1. The maximum absolute atomic E-state index is 13.3. The number of nitrogens with zero attached hydrogens (tertiary/aromatic N) is 2. The van der Waals surface area contributed by atoms with Gasteiger partial charge in [0.05, 0.1) is 0 Å². The fraction of sp³-hybridized carbons (Fsp3) is 0.100. The molecular formula is C10H7FN2O2. The van der Waals surface area contributed by atoms with E-state index in [9.17, 15) is 9.18 Å². The van der Waals surface area contributed by atoms with Crippen molar-refractivity contribution in [3.63, 3.8) is 0 Å². The Bertz CT molecular complexity index is 554. The third-order valence-electron chi connectivity index (χ3n) is 1.99. The highest BCUT2D eigenvalue weighted by Crippen LogP contribution is 2.18. The Morgan fingerprint density at radius 2 is 2.13 bits per heavy atom. The summed E-state index contributed by atoms with van der Waals surface area (Å²) in [6, 6.07) is 4.16. The van der Waals surface area contributed by atoms with Crippen LogP contribution in [0, 0.1) is 12.7 Å². The zero-order valence-corrected chi connectivity index (χ0v) is 7.86. The van der Waals surface area contributed by atoms with Crippen molar-refractivity contribution in [3.8, 4) is 0 Å². The lowest BCUT2D eigenvalue weighted by atomic mass is 10.2. The normalized spacial score (nSPS) is 10.5. The molecule has 0 amide bonds. The lowest BCUT2D eigenvalue weighted by Gasteiger charge is -2.03. The molecule has 0 saturated heterocycles. The van der Waals surface area contributed by atoms with Gasteiger partial charge in [-0.15, -0.1) is 0 Å². The molecule has 0 aliphatic carbocycles. The van der Waals surface area contributed by atoms with E-state index < -0.39 is 11.8 Å². The maximum Gasteiger partial charge on any atom is 0.355 e.